The lowest BCUT2D eigenvalue weighted by atomic mass is 9.97. The minimum Gasteiger partial charge on any atom is -0.363 e. The summed E-state index contributed by atoms with van der Waals surface area (Å²) in [7, 11) is 0. The first-order valence-electron chi connectivity index (χ1n) is 9.42. The molecule has 2 aromatic heterocycles. The Morgan fingerprint density at radius 1 is 1.20 bits per heavy atom. The molecule has 1 amide bonds. The van der Waals surface area contributed by atoms with Crippen molar-refractivity contribution in [2.45, 2.75) is 31.7 Å². The monoisotopic (exact) mass is 356 g/mol. The van der Waals surface area contributed by atoms with Crippen LogP contribution < -0.4 is 10.2 Å². The molecule has 0 aromatic carbocycles. The van der Waals surface area contributed by atoms with E-state index in [1.165, 1.54) is 37.4 Å². The van der Waals surface area contributed by atoms with Gasteiger partial charge in [-0.3, -0.25) is 9.78 Å². The van der Waals surface area contributed by atoms with E-state index in [9.17, 15) is 4.79 Å². The van der Waals surface area contributed by atoms with E-state index in [2.05, 4.69) is 26.2 Å². The third kappa shape index (κ3) is 3.02. The maximum absolute atomic E-state index is 12.7. The van der Waals surface area contributed by atoms with Gasteiger partial charge in [0, 0.05) is 48.5 Å². The molecule has 132 valence electrons. The molecule has 5 rings (SSSR count). The largest absolute Gasteiger partial charge is 0.363 e. The van der Waals surface area contributed by atoms with Gasteiger partial charge in [-0.05, 0) is 50.3 Å². The number of amides is 1. The molecule has 0 aliphatic carbocycles. The van der Waals surface area contributed by atoms with Crippen LogP contribution in [0.25, 0.3) is 10.1 Å². The number of pyridine rings is 1. The molecule has 3 atom stereocenters. The summed E-state index contributed by atoms with van der Waals surface area (Å²) >= 11 is 1.78. The van der Waals surface area contributed by atoms with Crippen LogP contribution in [0.4, 0.5) is 5.00 Å². The lowest BCUT2D eigenvalue weighted by Crippen LogP contribution is -2.47. The van der Waals surface area contributed by atoms with Crippen LogP contribution in [0.5, 0.6) is 0 Å². The molecule has 2 bridgehead atoms. The first kappa shape index (κ1) is 15.6. The number of fused-ring (bicyclic) bond motifs is 3. The zero-order valence-corrected chi connectivity index (χ0v) is 15.2. The topological polar surface area (TPSA) is 48.5 Å². The Hall–Kier alpha value is -1.66. The highest BCUT2D eigenvalue weighted by atomic mass is 32.1. The van der Waals surface area contributed by atoms with Crippen molar-refractivity contribution in [2.24, 2.45) is 5.92 Å². The van der Waals surface area contributed by atoms with Gasteiger partial charge in [0.1, 0.15) is 5.69 Å². The molecule has 1 N–H and O–H groups in total. The molecule has 5 nitrogen and oxygen atoms in total. The van der Waals surface area contributed by atoms with Crippen molar-refractivity contribution in [3.63, 3.8) is 0 Å². The second-order valence-corrected chi connectivity index (χ2v) is 8.77. The van der Waals surface area contributed by atoms with Crippen LogP contribution >= 0.6 is 11.3 Å². The van der Waals surface area contributed by atoms with Crippen LogP contribution in [0.2, 0.25) is 0 Å². The van der Waals surface area contributed by atoms with Gasteiger partial charge in [0.05, 0.1) is 5.00 Å². The number of carbonyl (C=O) groups excluding carboxylic acids is 1. The van der Waals surface area contributed by atoms with Crippen LogP contribution in [0.3, 0.4) is 0 Å². The fraction of sp³-hybridized carbons (Fsp3) is 0.579. The number of rotatable bonds is 3. The molecule has 0 radical (unpaired) electrons. The summed E-state index contributed by atoms with van der Waals surface area (Å²) in [5.41, 5.74) is 0.551. The third-order valence-corrected chi connectivity index (χ3v) is 7.00. The van der Waals surface area contributed by atoms with Gasteiger partial charge in [0.2, 0.25) is 0 Å². The van der Waals surface area contributed by atoms with Crippen LogP contribution in [-0.4, -0.2) is 54.6 Å². The Bertz CT molecular complexity index is 786. The maximum Gasteiger partial charge on any atom is 0.270 e. The van der Waals surface area contributed by atoms with Gasteiger partial charge in [-0.1, -0.05) is 0 Å². The maximum atomic E-state index is 12.7. The van der Waals surface area contributed by atoms with Crippen LogP contribution in [0, 0.1) is 5.92 Å². The van der Waals surface area contributed by atoms with Gasteiger partial charge in [-0.25, -0.2) is 0 Å². The van der Waals surface area contributed by atoms with Crippen molar-refractivity contribution in [2.75, 3.05) is 37.6 Å². The summed E-state index contributed by atoms with van der Waals surface area (Å²) in [6.45, 7) is 5.68. The predicted octanol–water partition coefficient (Wildman–Crippen LogP) is 2.72. The van der Waals surface area contributed by atoms with E-state index in [-0.39, 0.29) is 11.9 Å². The molecule has 1 unspecified atom stereocenters. The Kier molecular flexibility index (Phi) is 3.90. The summed E-state index contributed by atoms with van der Waals surface area (Å²) in [5.74, 6) is 0.736. The van der Waals surface area contributed by atoms with Crippen molar-refractivity contribution in [3.05, 3.63) is 24.0 Å². The fourth-order valence-corrected chi connectivity index (χ4v) is 5.68. The summed E-state index contributed by atoms with van der Waals surface area (Å²) in [4.78, 5) is 22.0. The van der Waals surface area contributed by atoms with Gasteiger partial charge in [0.15, 0.2) is 0 Å². The number of thiophene rings is 1. The summed E-state index contributed by atoms with van der Waals surface area (Å²) < 4.78 is 1.16. The SMILES string of the molecule is O=C(N[C@@H]1C[C@H]2CCN(C2)C1)c1cc2sc(N3CCCC3)cc2cn1. The Balaban J connectivity index is 1.32. The molecule has 5 heterocycles. The zero-order chi connectivity index (χ0) is 16.8. The van der Waals surface area contributed by atoms with Crippen LogP contribution in [0.15, 0.2) is 18.3 Å². The van der Waals surface area contributed by atoms with Gasteiger partial charge < -0.3 is 15.1 Å². The molecule has 0 spiro atoms. The molecular weight excluding hydrogens is 332 g/mol. The van der Waals surface area contributed by atoms with Crippen molar-refractivity contribution >= 4 is 32.3 Å². The number of aromatic nitrogens is 1. The summed E-state index contributed by atoms with van der Waals surface area (Å²) in [6, 6.07) is 4.45. The third-order valence-electron chi connectivity index (χ3n) is 5.84. The highest BCUT2D eigenvalue weighted by molar-refractivity contribution is 7.22. The Morgan fingerprint density at radius 2 is 2.08 bits per heavy atom. The summed E-state index contributed by atoms with van der Waals surface area (Å²) in [5, 5.41) is 5.67. The zero-order valence-electron chi connectivity index (χ0n) is 14.4. The molecule has 0 saturated carbocycles. The number of anilines is 1. The first-order valence-corrected chi connectivity index (χ1v) is 10.2. The Morgan fingerprint density at radius 3 is 2.92 bits per heavy atom. The summed E-state index contributed by atoms with van der Waals surface area (Å²) in [6.07, 6.45) is 6.81. The molecule has 2 aromatic rings. The molecule has 3 fully saturated rings. The van der Waals surface area contributed by atoms with Gasteiger partial charge in [0.25, 0.3) is 5.91 Å². The number of nitrogens with one attached hydrogen (secondary N) is 1. The standard InChI is InChI=1S/C19H24N4OS/c24-19(21-15-7-13-3-6-22(11-13)12-15)16-9-17-14(10-20-16)8-18(25-17)23-4-1-2-5-23/h8-10,13,15H,1-7,11-12H2,(H,21,24)/t13-,15-/m1/s1. The van der Waals surface area contributed by atoms with Gasteiger partial charge >= 0.3 is 0 Å². The molecule has 3 saturated heterocycles. The smallest absolute Gasteiger partial charge is 0.270 e. The quantitative estimate of drug-likeness (QED) is 0.919. The highest BCUT2D eigenvalue weighted by Gasteiger charge is 2.33. The van der Waals surface area contributed by atoms with Crippen molar-refractivity contribution in [1.82, 2.24) is 15.2 Å². The average Bonchev–Trinajstić information content (AvgIpc) is 3.33. The van der Waals surface area contributed by atoms with E-state index in [0.29, 0.717) is 5.69 Å². The molecular formula is C19H24N4OS. The van der Waals surface area contributed by atoms with Crippen molar-refractivity contribution < 1.29 is 4.79 Å². The average molecular weight is 356 g/mol. The minimum absolute atomic E-state index is 0.0227. The first-order chi connectivity index (χ1) is 12.2. The van der Waals surface area contributed by atoms with E-state index in [0.717, 1.165) is 42.1 Å². The van der Waals surface area contributed by atoms with Crippen molar-refractivity contribution in [1.29, 1.82) is 0 Å². The highest BCUT2D eigenvalue weighted by Crippen LogP contribution is 2.34. The number of hydrogen-bond donors (Lipinski definition) is 1. The lowest BCUT2D eigenvalue weighted by Gasteiger charge is -2.30. The second kappa shape index (κ2) is 6.25. The van der Waals surface area contributed by atoms with Crippen molar-refractivity contribution in [3.8, 4) is 0 Å². The normalized spacial score (nSPS) is 28.6. The fourth-order valence-electron chi connectivity index (χ4n) is 4.56. The molecule has 3 aliphatic rings. The Labute approximate surface area is 152 Å². The van der Waals surface area contributed by atoms with E-state index in [1.807, 2.05) is 12.3 Å². The molecule has 6 heteroatoms. The van der Waals surface area contributed by atoms with E-state index < -0.39 is 0 Å². The van der Waals surface area contributed by atoms with Crippen LogP contribution in [0.1, 0.15) is 36.2 Å². The number of carbonyl (C=O) groups is 1. The number of hydrogen-bond acceptors (Lipinski definition) is 5. The minimum atomic E-state index is -0.0227. The van der Waals surface area contributed by atoms with E-state index >= 15 is 0 Å². The van der Waals surface area contributed by atoms with Crippen LogP contribution in [-0.2, 0) is 0 Å². The molecule has 3 aliphatic heterocycles. The number of nitrogens with zero attached hydrogens (tertiary/aromatic N) is 3. The number of piperidine rings is 1. The second-order valence-electron chi connectivity index (χ2n) is 7.71. The predicted molar refractivity (Wildman–Crippen MR) is 101 cm³/mol. The van der Waals surface area contributed by atoms with Gasteiger partial charge in [-0.2, -0.15) is 0 Å². The molecule has 25 heavy (non-hydrogen) atoms. The van der Waals surface area contributed by atoms with Gasteiger partial charge in [-0.15, -0.1) is 11.3 Å². The van der Waals surface area contributed by atoms with E-state index in [4.69, 9.17) is 0 Å². The lowest BCUT2D eigenvalue weighted by molar-refractivity contribution is 0.0904. The van der Waals surface area contributed by atoms with E-state index in [1.54, 1.807) is 11.3 Å².